The van der Waals surface area contributed by atoms with Gasteiger partial charge in [0.2, 0.25) is 0 Å². The number of rotatable bonds is 5. The molecule has 0 unspecified atom stereocenters. The van der Waals surface area contributed by atoms with Crippen molar-refractivity contribution in [2.24, 2.45) is 0 Å². The van der Waals surface area contributed by atoms with Crippen molar-refractivity contribution in [1.82, 2.24) is 14.9 Å². The van der Waals surface area contributed by atoms with Gasteiger partial charge in [-0.1, -0.05) is 6.07 Å². The molecule has 17 heavy (non-hydrogen) atoms. The molecule has 0 fully saturated rings. The van der Waals surface area contributed by atoms with Crippen LogP contribution in [0.25, 0.3) is 0 Å². The van der Waals surface area contributed by atoms with E-state index < -0.39 is 0 Å². The normalized spacial score (nSPS) is 10.5. The molecule has 0 aliphatic rings. The smallest absolute Gasteiger partial charge is 0.123 e. The van der Waals surface area contributed by atoms with Gasteiger partial charge in [0.1, 0.15) is 5.75 Å². The van der Waals surface area contributed by atoms with Crippen molar-refractivity contribution in [1.29, 1.82) is 0 Å². The number of imidazole rings is 1. The number of hydrogen-bond acceptors (Lipinski definition) is 3. The number of benzene rings is 1. The zero-order valence-electron chi connectivity index (χ0n) is 10.2. The van der Waals surface area contributed by atoms with Gasteiger partial charge in [-0.3, -0.25) is 0 Å². The van der Waals surface area contributed by atoms with Gasteiger partial charge in [-0.15, -0.1) is 0 Å². The topological polar surface area (TPSA) is 39.1 Å². The van der Waals surface area contributed by atoms with Gasteiger partial charge in [0.25, 0.3) is 0 Å². The van der Waals surface area contributed by atoms with E-state index in [9.17, 15) is 0 Å². The van der Waals surface area contributed by atoms with Gasteiger partial charge < -0.3 is 14.6 Å². The van der Waals surface area contributed by atoms with Crippen molar-refractivity contribution in [3.8, 4) is 5.75 Å². The minimum absolute atomic E-state index is 0.778. The number of methoxy groups -OCH3 is 1. The molecule has 1 N–H and O–H groups in total. The first kappa shape index (κ1) is 11.7. The molecular formula is C13H17N3O. The molecule has 0 amide bonds. The van der Waals surface area contributed by atoms with Crippen molar-refractivity contribution in [3.63, 3.8) is 0 Å². The van der Waals surface area contributed by atoms with Crippen molar-refractivity contribution < 1.29 is 4.74 Å². The van der Waals surface area contributed by atoms with Crippen LogP contribution in [0.4, 0.5) is 0 Å². The van der Waals surface area contributed by atoms with Gasteiger partial charge in [0.05, 0.1) is 20.0 Å². The Morgan fingerprint density at radius 3 is 2.94 bits per heavy atom. The van der Waals surface area contributed by atoms with Crippen LogP contribution < -0.4 is 10.1 Å². The maximum atomic E-state index is 5.37. The molecule has 1 heterocycles. The lowest BCUT2D eigenvalue weighted by Crippen LogP contribution is -2.07. The van der Waals surface area contributed by atoms with Gasteiger partial charge in [-0.05, 0) is 24.7 Å². The van der Waals surface area contributed by atoms with E-state index in [1.165, 1.54) is 11.1 Å². The molecular weight excluding hydrogens is 214 g/mol. The molecule has 2 rings (SSSR count). The first-order chi connectivity index (χ1) is 8.33. The molecule has 0 aliphatic heterocycles. The Morgan fingerprint density at radius 1 is 1.41 bits per heavy atom. The summed E-state index contributed by atoms with van der Waals surface area (Å²) >= 11 is 0. The molecule has 0 saturated carbocycles. The van der Waals surface area contributed by atoms with Gasteiger partial charge >= 0.3 is 0 Å². The monoisotopic (exact) mass is 231 g/mol. The molecule has 0 radical (unpaired) electrons. The summed E-state index contributed by atoms with van der Waals surface area (Å²) in [5.74, 6) is 0.915. The second-order valence-electron chi connectivity index (χ2n) is 3.91. The fourth-order valence-electron chi connectivity index (χ4n) is 1.85. The SMILES string of the molecule is CNCc1ccc(OC)c(Cn2ccnc2)c1. The van der Waals surface area contributed by atoms with E-state index in [0.29, 0.717) is 0 Å². The highest BCUT2D eigenvalue weighted by atomic mass is 16.5. The minimum Gasteiger partial charge on any atom is -0.496 e. The summed E-state index contributed by atoms with van der Waals surface area (Å²) in [7, 11) is 3.64. The molecule has 0 spiro atoms. The maximum Gasteiger partial charge on any atom is 0.123 e. The summed E-state index contributed by atoms with van der Waals surface area (Å²) in [4.78, 5) is 4.04. The number of ether oxygens (including phenoxy) is 1. The average Bonchev–Trinajstić information content (AvgIpc) is 2.83. The van der Waals surface area contributed by atoms with E-state index in [1.54, 1.807) is 13.3 Å². The molecule has 1 aromatic carbocycles. The van der Waals surface area contributed by atoms with Gasteiger partial charge in [0, 0.05) is 24.5 Å². The predicted octanol–water partition coefficient (Wildman–Crippen LogP) is 1.66. The second-order valence-corrected chi connectivity index (χ2v) is 3.91. The van der Waals surface area contributed by atoms with E-state index in [-0.39, 0.29) is 0 Å². The number of nitrogens with one attached hydrogen (secondary N) is 1. The molecule has 0 saturated heterocycles. The van der Waals surface area contributed by atoms with Crippen LogP contribution in [-0.2, 0) is 13.1 Å². The Balaban J connectivity index is 2.25. The molecule has 0 bridgehead atoms. The first-order valence-corrected chi connectivity index (χ1v) is 5.59. The van der Waals surface area contributed by atoms with Gasteiger partial charge in [-0.2, -0.15) is 0 Å². The van der Waals surface area contributed by atoms with Crippen LogP contribution in [0.15, 0.2) is 36.9 Å². The summed E-state index contributed by atoms with van der Waals surface area (Å²) in [6.45, 7) is 1.64. The number of aromatic nitrogens is 2. The third-order valence-corrected chi connectivity index (χ3v) is 2.64. The summed E-state index contributed by atoms with van der Waals surface area (Å²) in [6.07, 6.45) is 5.54. The Kier molecular flexibility index (Phi) is 3.77. The molecule has 4 heteroatoms. The van der Waals surface area contributed by atoms with Crippen molar-refractivity contribution in [2.75, 3.05) is 14.2 Å². The van der Waals surface area contributed by atoms with E-state index in [2.05, 4.69) is 22.4 Å². The van der Waals surface area contributed by atoms with Crippen LogP contribution in [0.2, 0.25) is 0 Å². The van der Waals surface area contributed by atoms with Crippen molar-refractivity contribution >= 4 is 0 Å². The zero-order valence-corrected chi connectivity index (χ0v) is 10.2. The minimum atomic E-state index is 0.778. The van der Waals surface area contributed by atoms with E-state index in [1.807, 2.05) is 30.2 Å². The van der Waals surface area contributed by atoms with E-state index in [4.69, 9.17) is 4.74 Å². The lowest BCUT2D eigenvalue weighted by molar-refractivity contribution is 0.408. The molecule has 1 aromatic heterocycles. The van der Waals surface area contributed by atoms with Crippen LogP contribution in [0, 0.1) is 0 Å². The summed E-state index contributed by atoms with van der Waals surface area (Å²) in [5.41, 5.74) is 2.42. The average molecular weight is 231 g/mol. The molecule has 2 aromatic rings. The van der Waals surface area contributed by atoms with E-state index >= 15 is 0 Å². The third-order valence-electron chi connectivity index (χ3n) is 2.64. The Bertz CT molecular complexity index is 466. The Hall–Kier alpha value is -1.81. The van der Waals surface area contributed by atoms with Gasteiger partial charge in [0.15, 0.2) is 0 Å². The summed E-state index contributed by atoms with van der Waals surface area (Å²) < 4.78 is 7.40. The molecule has 0 aliphatic carbocycles. The van der Waals surface area contributed by atoms with Crippen LogP contribution in [0.3, 0.4) is 0 Å². The highest BCUT2D eigenvalue weighted by Crippen LogP contribution is 2.20. The lowest BCUT2D eigenvalue weighted by Gasteiger charge is -2.11. The molecule has 0 atom stereocenters. The Labute approximate surface area is 101 Å². The fourth-order valence-corrected chi connectivity index (χ4v) is 1.85. The highest BCUT2D eigenvalue weighted by molar-refractivity contribution is 5.37. The quantitative estimate of drug-likeness (QED) is 0.850. The van der Waals surface area contributed by atoms with Crippen LogP contribution in [0.1, 0.15) is 11.1 Å². The van der Waals surface area contributed by atoms with Crippen molar-refractivity contribution in [2.45, 2.75) is 13.1 Å². The van der Waals surface area contributed by atoms with Gasteiger partial charge in [-0.25, -0.2) is 4.98 Å². The summed E-state index contributed by atoms with van der Waals surface area (Å²) in [6, 6.07) is 6.25. The van der Waals surface area contributed by atoms with Crippen molar-refractivity contribution in [3.05, 3.63) is 48.0 Å². The fraction of sp³-hybridized carbons (Fsp3) is 0.308. The van der Waals surface area contributed by atoms with Crippen LogP contribution in [-0.4, -0.2) is 23.7 Å². The zero-order chi connectivity index (χ0) is 12.1. The van der Waals surface area contributed by atoms with E-state index in [0.717, 1.165) is 18.8 Å². The number of nitrogens with zero attached hydrogens (tertiary/aromatic N) is 2. The number of hydrogen-bond donors (Lipinski definition) is 1. The lowest BCUT2D eigenvalue weighted by atomic mass is 10.1. The second kappa shape index (κ2) is 5.50. The van der Waals surface area contributed by atoms with Crippen LogP contribution >= 0.6 is 0 Å². The Morgan fingerprint density at radius 2 is 2.29 bits per heavy atom. The summed E-state index contributed by atoms with van der Waals surface area (Å²) in [5, 5.41) is 3.15. The molecule has 4 nitrogen and oxygen atoms in total. The highest BCUT2D eigenvalue weighted by Gasteiger charge is 2.05. The standard InChI is InChI=1S/C13H17N3O/c1-14-8-11-3-4-13(17-2)12(7-11)9-16-6-5-15-10-16/h3-7,10,14H,8-9H2,1-2H3. The largest absolute Gasteiger partial charge is 0.496 e. The molecule has 90 valence electrons. The van der Waals surface area contributed by atoms with Crippen LogP contribution in [0.5, 0.6) is 5.75 Å². The maximum absolute atomic E-state index is 5.37. The first-order valence-electron chi connectivity index (χ1n) is 5.59. The third kappa shape index (κ3) is 2.85. The predicted molar refractivity (Wildman–Crippen MR) is 67.1 cm³/mol.